The number of hydrogen-bond donors (Lipinski definition) is 1. The Labute approximate surface area is 201 Å². The van der Waals surface area contributed by atoms with Gasteiger partial charge in [-0.15, -0.1) is 5.39 Å². The minimum absolute atomic E-state index is 0. The first-order valence-corrected chi connectivity index (χ1v) is 10.2. The zero-order valence-electron chi connectivity index (χ0n) is 18.1. The molecule has 32 heavy (non-hydrogen) atoms. The Kier molecular flexibility index (Phi) is 7.95. The molecule has 1 fully saturated rings. The number of methoxy groups -OCH3 is 2. The smallest absolute Gasteiger partial charge is 0.498 e. The average molecular weight is 609 g/mol. The number of nitrogens with two attached hydrogens (primary N) is 1. The molecular weight excluding hydrogens is 583 g/mol. The van der Waals surface area contributed by atoms with Crippen LogP contribution in [-0.2, 0) is 24.6 Å². The number of hydrogen-bond acceptors (Lipinski definition) is 6. The Morgan fingerprint density at radius 3 is 2.34 bits per heavy atom. The van der Waals surface area contributed by atoms with Crippen molar-refractivity contribution in [1.29, 1.82) is 0 Å². The van der Waals surface area contributed by atoms with E-state index >= 15 is 0 Å². The maximum atomic E-state index is 12.8. The number of anilines is 1. The molecule has 1 aliphatic rings. The Hall–Kier alpha value is -2.81. The molecule has 2 N–H and O–H groups in total. The van der Waals surface area contributed by atoms with Crippen LogP contribution in [0.5, 0.6) is 11.5 Å². The molecule has 1 aliphatic heterocycles. The zero-order chi connectivity index (χ0) is 21.8. The van der Waals surface area contributed by atoms with Crippen molar-refractivity contribution < 1.29 is 34.1 Å². The van der Waals surface area contributed by atoms with E-state index in [9.17, 15) is 4.79 Å². The summed E-state index contributed by atoms with van der Waals surface area (Å²) in [6.07, 6.45) is 4.51. The summed E-state index contributed by atoms with van der Waals surface area (Å²) < 4.78 is 10.4. The van der Waals surface area contributed by atoms with Gasteiger partial charge in [0.15, 0.2) is 0 Å². The van der Waals surface area contributed by atoms with Crippen molar-refractivity contribution >= 4 is 22.5 Å². The number of aromatic nitrogens is 1. The second kappa shape index (κ2) is 10.7. The van der Waals surface area contributed by atoms with Gasteiger partial charge in [0.2, 0.25) is 0 Å². The number of fused-ring (bicyclic) bond motifs is 1. The van der Waals surface area contributed by atoms with Crippen molar-refractivity contribution in [1.82, 2.24) is 9.88 Å². The molecular formula is C24H26N4O3Os. The predicted molar refractivity (Wildman–Crippen MR) is 120 cm³/mol. The second-order valence-corrected chi connectivity index (χ2v) is 7.45. The molecule has 168 valence electrons. The summed E-state index contributed by atoms with van der Waals surface area (Å²) >= 11 is 0. The van der Waals surface area contributed by atoms with E-state index in [2.05, 4.69) is 16.1 Å². The van der Waals surface area contributed by atoms with Crippen molar-refractivity contribution in [2.24, 2.45) is 5.73 Å². The summed E-state index contributed by atoms with van der Waals surface area (Å²) in [5, 5.41) is 0.930. The van der Waals surface area contributed by atoms with Gasteiger partial charge in [0.1, 0.15) is 11.5 Å². The molecule has 2 aromatic carbocycles. The van der Waals surface area contributed by atoms with Gasteiger partial charge in [-0.2, -0.15) is 11.6 Å². The molecule has 0 radical (unpaired) electrons. The molecule has 4 rings (SSSR count). The molecule has 0 aliphatic carbocycles. The second-order valence-electron chi connectivity index (χ2n) is 7.45. The summed E-state index contributed by atoms with van der Waals surface area (Å²) in [6.45, 7) is 2.83. The molecule has 0 bridgehead atoms. The van der Waals surface area contributed by atoms with Crippen molar-refractivity contribution in [2.45, 2.75) is 6.04 Å². The summed E-state index contributed by atoms with van der Waals surface area (Å²) in [7, 11) is 3.27. The number of benzene rings is 2. The third kappa shape index (κ3) is 5.32. The predicted octanol–water partition coefficient (Wildman–Crippen LogP) is 2.60. The van der Waals surface area contributed by atoms with Gasteiger partial charge < -0.3 is 34.8 Å². The fraction of sp³-hybridized carbons (Fsp3) is 0.292. The van der Waals surface area contributed by atoms with Gasteiger partial charge in [0.05, 0.1) is 20.1 Å². The molecule has 0 saturated carbocycles. The van der Waals surface area contributed by atoms with Crippen molar-refractivity contribution in [2.75, 3.05) is 45.3 Å². The van der Waals surface area contributed by atoms with Crippen LogP contribution < -0.4 is 20.1 Å². The number of amides is 1. The number of carbonyl (C=O) groups excluding carboxylic acids is 1. The normalized spacial score (nSPS) is 14.5. The molecule has 1 unspecified atom stereocenters. The van der Waals surface area contributed by atoms with Crippen molar-refractivity contribution in [3.05, 3.63) is 66.7 Å². The van der Waals surface area contributed by atoms with Gasteiger partial charge in [-0.1, -0.05) is 24.4 Å². The number of carbonyl (C=O) groups is 1. The number of ether oxygens (including phenoxy) is 2. The van der Waals surface area contributed by atoms with Crippen molar-refractivity contribution in [3.63, 3.8) is 0 Å². The van der Waals surface area contributed by atoms with Crippen LogP contribution in [0.15, 0.2) is 48.5 Å². The summed E-state index contributed by atoms with van der Waals surface area (Å²) in [5.41, 5.74) is 8.86. The van der Waals surface area contributed by atoms with E-state index in [4.69, 9.17) is 15.2 Å². The Morgan fingerprint density at radius 1 is 1.03 bits per heavy atom. The van der Waals surface area contributed by atoms with Gasteiger partial charge in [-0.3, -0.25) is 6.42 Å². The van der Waals surface area contributed by atoms with Crippen LogP contribution in [-0.4, -0.2) is 56.2 Å². The minimum atomic E-state index is -0.564. The van der Waals surface area contributed by atoms with E-state index in [1.54, 1.807) is 20.6 Å². The van der Waals surface area contributed by atoms with E-state index in [1.807, 2.05) is 53.4 Å². The van der Waals surface area contributed by atoms with E-state index < -0.39 is 6.04 Å². The number of rotatable bonds is 6. The molecule has 2 heterocycles. The van der Waals surface area contributed by atoms with Gasteiger partial charge in [0, 0.05) is 31.9 Å². The van der Waals surface area contributed by atoms with E-state index in [0.717, 1.165) is 41.2 Å². The largest absolute Gasteiger partial charge is 2.00 e. The maximum Gasteiger partial charge on any atom is 2.00 e. The molecule has 1 atom stereocenters. The van der Waals surface area contributed by atoms with E-state index in [1.165, 1.54) is 0 Å². The van der Waals surface area contributed by atoms with Crippen LogP contribution in [0, 0.1) is 12.6 Å². The first-order valence-electron chi connectivity index (χ1n) is 10.2. The minimum Gasteiger partial charge on any atom is -0.498 e. The van der Waals surface area contributed by atoms with Gasteiger partial charge >= 0.3 is 19.8 Å². The van der Waals surface area contributed by atoms with Gasteiger partial charge in [-0.25, -0.2) is 0 Å². The molecule has 1 saturated heterocycles. The van der Waals surface area contributed by atoms with Crippen LogP contribution in [0.2, 0.25) is 0 Å². The third-order valence-corrected chi connectivity index (χ3v) is 5.56. The molecule has 1 amide bonds. The monoisotopic (exact) mass is 610 g/mol. The van der Waals surface area contributed by atoms with Crippen LogP contribution in [0.3, 0.4) is 0 Å². The standard InChI is InChI=1S/C24H26N4O3.Os/c1-30-20-7-4-19(5-8-20)27-9-11-28(12-10-27)24(29)15-22(25)18-13-17-3-6-21(31-2)14-23(17)26-16-18;/h3-8,13-15,22H,9-12,25H2,1-2H3;/q-2;+2. The Balaban J connectivity index is 0.00000289. The van der Waals surface area contributed by atoms with Crippen LogP contribution in [0.1, 0.15) is 11.6 Å². The zero-order valence-corrected chi connectivity index (χ0v) is 20.6. The molecule has 8 heteroatoms. The molecule has 0 spiro atoms. The van der Waals surface area contributed by atoms with Crippen molar-refractivity contribution in [3.8, 4) is 11.5 Å². The topological polar surface area (TPSA) is 80.9 Å². The summed E-state index contributed by atoms with van der Waals surface area (Å²) in [6, 6.07) is 15.0. The third-order valence-electron chi connectivity index (χ3n) is 5.56. The van der Waals surface area contributed by atoms with Gasteiger partial charge in [0.25, 0.3) is 0 Å². The fourth-order valence-corrected chi connectivity index (χ4v) is 3.69. The van der Waals surface area contributed by atoms with E-state index in [-0.39, 0.29) is 25.7 Å². The first kappa shape index (κ1) is 23.8. The summed E-state index contributed by atoms with van der Waals surface area (Å²) in [4.78, 5) is 21.2. The number of pyridine rings is 1. The Morgan fingerprint density at radius 2 is 1.69 bits per heavy atom. The van der Waals surface area contributed by atoms with E-state index in [0.29, 0.717) is 18.7 Å². The van der Waals surface area contributed by atoms with Crippen LogP contribution in [0.25, 0.3) is 10.9 Å². The molecule has 1 aromatic heterocycles. The van der Waals surface area contributed by atoms with Crippen LogP contribution >= 0.6 is 0 Å². The molecule has 7 nitrogen and oxygen atoms in total. The molecule has 3 aromatic rings. The van der Waals surface area contributed by atoms with Gasteiger partial charge in [-0.05, 0) is 35.8 Å². The quantitative estimate of drug-likeness (QED) is 0.434. The number of nitrogens with zero attached hydrogens (tertiary/aromatic N) is 3. The fourth-order valence-electron chi connectivity index (χ4n) is 3.69. The van der Waals surface area contributed by atoms with Crippen LogP contribution in [0.4, 0.5) is 5.69 Å². The maximum absolute atomic E-state index is 12.8. The Bertz CT molecular complexity index is 1050. The summed E-state index contributed by atoms with van der Waals surface area (Å²) in [5.74, 6) is 1.51. The SMILES string of the molecule is COc1ccc(N2CCN(C(=O)[CH-]C(N)c3[c-]nc4cc(OC)ccc4c3)CC2)cc1.[Os+2]. The first-order chi connectivity index (χ1) is 15.1. The average Bonchev–Trinajstić information content (AvgIpc) is 2.83. The number of piperazine rings is 1.